The van der Waals surface area contributed by atoms with E-state index in [0.717, 1.165) is 22.2 Å². The molecule has 1 atom stereocenters. The number of hydrogen-bond acceptors (Lipinski definition) is 3. The summed E-state index contributed by atoms with van der Waals surface area (Å²) >= 11 is 3.38. The van der Waals surface area contributed by atoms with Gasteiger partial charge in [-0.25, -0.2) is 0 Å². The lowest BCUT2D eigenvalue weighted by Gasteiger charge is -2.33. The Labute approximate surface area is 163 Å². The molecule has 144 valence electrons. The van der Waals surface area contributed by atoms with Crippen LogP contribution in [0.25, 0.3) is 0 Å². The fourth-order valence-electron chi connectivity index (χ4n) is 2.85. The molecule has 1 heterocycles. The fourth-order valence-corrected chi connectivity index (χ4v) is 3.11. The summed E-state index contributed by atoms with van der Waals surface area (Å²) in [4.78, 5) is 14.1. The monoisotopic (exact) mass is 442 g/mol. The number of amides is 1. The molecule has 8 heteroatoms. The Bertz CT molecular complexity index is 796. The summed E-state index contributed by atoms with van der Waals surface area (Å²) in [6, 6.07) is 12.5. The summed E-state index contributed by atoms with van der Waals surface area (Å²) in [5, 5.41) is 2.78. The maximum atomic E-state index is 12.8. The van der Waals surface area contributed by atoms with E-state index in [4.69, 9.17) is 4.74 Å². The van der Waals surface area contributed by atoms with Gasteiger partial charge in [-0.3, -0.25) is 4.79 Å². The Hall–Kier alpha value is -2.06. The number of nitrogens with one attached hydrogen (secondary N) is 1. The molecule has 0 saturated carbocycles. The molecular formula is C19H18BrF3N2O2. The van der Waals surface area contributed by atoms with Crippen LogP contribution in [0.15, 0.2) is 53.0 Å². The first-order valence-electron chi connectivity index (χ1n) is 8.39. The molecule has 2 aromatic carbocycles. The number of anilines is 1. The Balaban J connectivity index is 1.58. The fraction of sp³-hybridized carbons (Fsp3) is 0.316. The normalized spacial score (nSPS) is 17.6. The van der Waals surface area contributed by atoms with E-state index in [9.17, 15) is 18.0 Å². The second-order valence-electron chi connectivity index (χ2n) is 6.18. The van der Waals surface area contributed by atoms with E-state index in [1.54, 1.807) is 4.90 Å². The number of hydrogen-bond donors (Lipinski definition) is 1. The van der Waals surface area contributed by atoms with Crippen LogP contribution in [-0.2, 0) is 15.7 Å². The highest BCUT2D eigenvalue weighted by Crippen LogP contribution is 2.30. The minimum atomic E-state index is -4.41. The van der Waals surface area contributed by atoms with E-state index in [0.29, 0.717) is 19.7 Å². The number of morpholine rings is 1. The van der Waals surface area contributed by atoms with Crippen LogP contribution in [0.4, 0.5) is 18.9 Å². The van der Waals surface area contributed by atoms with Gasteiger partial charge in [0, 0.05) is 16.7 Å². The predicted molar refractivity (Wildman–Crippen MR) is 99.3 cm³/mol. The average Bonchev–Trinajstić information content (AvgIpc) is 2.66. The van der Waals surface area contributed by atoms with Gasteiger partial charge in [0.25, 0.3) is 0 Å². The molecule has 1 aliphatic heterocycles. The van der Waals surface area contributed by atoms with Crippen LogP contribution < -0.4 is 5.32 Å². The third-order valence-electron chi connectivity index (χ3n) is 4.29. The molecule has 0 bridgehead atoms. The van der Waals surface area contributed by atoms with Crippen LogP contribution in [0.1, 0.15) is 17.2 Å². The Morgan fingerprint density at radius 1 is 1.22 bits per heavy atom. The Kier molecular flexibility index (Phi) is 6.06. The highest BCUT2D eigenvalue weighted by Gasteiger charge is 2.30. The van der Waals surface area contributed by atoms with Crippen molar-refractivity contribution in [3.8, 4) is 0 Å². The van der Waals surface area contributed by atoms with Crippen LogP contribution in [0.3, 0.4) is 0 Å². The lowest BCUT2D eigenvalue weighted by molar-refractivity contribution is -0.137. The lowest BCUT2D eigenvalue weighted by atomic mass is 10.1. The first kappa shape index (κ1) is 19.7. The van der Waals surface area contributed by atoms with Crippen LogP contribution in [0.2, 0.25) is 0 Å². The van der Waals surface area contributed by atoms with Gasteiger partial charge in [0.15, 0.2) is 0 Å². The Morgan fingerprint density at radius 3 is 2.67 bits per heavy atom. The average molecular weight is 443 g/mol. The van der Waals surface area contributed by atoms with Gasteiger partial charge >= 0.3 is 6.18 Å². The molecule has 1 saturated heterocycles. The summed E-state index contributed by atoms with van der Waals surface area (Å²) < 4.78 is 45.0. The molecular weight excluding hydrogens is 425 g/mol. The number of benzene rings is 2. The SMILES string of the molecule is O=C(CNc1cccc(C(F)(F)F)c1)N1CCOC(c2ccc(Br)cc2)C1. The summed E-state index contributed by atoms with van der Waals surface area (Å²) in [6.07, 6.45) is -4.63. The molecule has 0 radical (unpaired) electrons. The number of nitrogens with zero attached hydrogens (tertiary/aromatic N) is 1. The number of rotatable bonds is 4. The van der Waals surface area contributed by atoms with Gasteiger partial charge in [-0.05, 0) is 35.9 Å². The number of carbonyl (C=O) groups excluding carboxylic acids is 1. The van der Waals surface area contributed by atoms with E-state index in [-0.39, 0.29) is 24.2 Å². The zero-order chi connectivity index (χ0) is 19.4. The van der Waals surface area contributed by atoms with Gasteiger partial charge in [-0.1, -0.05) is 34.1 Å². The Morgan fingerprint density at radius 2 is 1.96 bits per heavy atom. The molecule has 4 nitrogen and oxygen atoms in total. The number of ether oxygens (including phenoxy) is 1. The molecule has 1 fully saturated rings. The number of carbonyl (C=O) groups is 1. The van der Waals surface area contributed by atoms with Crippen molar-refractivity contribution in [3.05, 3.63) is 64.1 Å². The van der Waals surface area contributed by atoms with E-state index >= 15 is 0 Å². The van der Waals surface area contributed by atoms with Crippen LogP contribution in [0, 0.1) is 0 Å². The van der Waals surface area contributed by atoms with Gasteiger partial charge in [0.1, 0.15) is 6.10 Å². The summed E-state index contributed by atoms with van der Waals surface area (Å²) in [5.41, 5.74) is 0.485. The van der Waals surface area contributed by atoms with Crippen molar-refractivity contribution in [1.82, 2.24) is 4.90 Å². The summed E-state index contributed by atoms with van der Waals surface area (Å²) in [6.45, 7) is 1.20. The highest BCUT2D eigenvalue weighted by atomic mass is 79.9. The lowest BCUT2D eigenvalue weighted by Crippen LogP contribution is -2.44. The van der Waals surface area contributed by atoms with Crippen LogP contribution >= 0.6 is 15.9 Å². The minimum absolute atomic E-state index is 0.0750. The predicted octanol–water partition coefficient (Wildman–Crippen LogP) is 4.48. The maximum absolute atomic E-state index is 12.8. The molecule has 1 unspecified atom stereocenters. The second kappa shape index (κ2) is 8.31. The van der Waals surface area contributed by atoms with Crippen LogP contribution in [0.5, 0.6) is 0 Å². The smallest absolute Gasteiger partial charge is 0.376 e. The zero-order valence-electron chi connectivity index (χ0n) is 14.3. The molecule has 0 aromatic heterocycles. The van der Waals surface area contributed by atoms with Gasteiger partial charge in [-0.15, -0.1) is 0 Å². The third kappa shape index (κ3) is 5.23. The van der Waals surface area contributed by atoms with Gasteiger partial charge < -0.3 is 15.0 Å². The largest absolute Gasteiger partial charge is 0.416 e. The third-order valence-corrected chi connectivity index (χ3v) is 4.82. The highest BCUT2D eigenvalue weighted by molar-refractivity contribution is 9.10. The molecule has 1 amide bonds. The summed E-state index contributed by atoms with van der Waals surface area (Å²) in [5.74, 6) is -0.183. The van der Waals surface area contributed by atoms with Crippen molar-refractivity contribution in [2.24, 2.45) is 0 Å². The van der Waals surface area contributed by atoms with E-state index in [1.807, 2.05) is 24.3 Å². The van der Waals surface area contributed by atoms with Crippen molar-refractivity contribution in [2.45, 2.75) is 12.3 Å². The van der Waals surface area contributed by atoms with E-state index < -0.39 is 11.7 Å². The number of halogens is 4. The quantitative estimate of drug-likeness (QED) is 0.758. The summed E-state index contributed by atoms with van der Waals surface area (Å²) in [7, 11) is 0. The standard InChI is InChI=1S/C19H18BrF3N2O2/c20-15-6-4-13(5-7-15)17-12-25(8-9-27-17)18(26)11-24-16-3-1-2-14(10-16)19(21,22)23/h1-7,10,17,24H,8-9,11-12H2. The zero-order valence-corrected chi connectivity index (χ0v) is 15.9. The van der Waals surface area contributed by atoms with E-state index in [1.165, 1.54) is 12.1 Å². The first-order valence-corrected chi connectivity index (χ1v) is 9.18. The van der Waals surface area contributed by atoms with Crippen molar-refractivity contribution in [3.63, 3.8) is 0 Å². The van der Waals surface area contributed by atoms with Gasteiger partial charge in [0.05, 0.1) is 25.3 Å². The minimum Gasteiger partial charge on any atom is -0.376 e. The second-order valence-corrected chi connectivity index (χ2v) is 7.10. The molecule has 0 aliphatic carbocycles. The molecule has 1 aliphatic rings. The van der Waals surface area contributed by atoms with Crippen molar-refractivity contribution in [2.75, 3.05) is 31.6 Å². The van der Waals surface area contributed by atoms with Gasteiger partial charge in [-0.2, -0.15) is 13.2 Å². The van der Waals surface area contributed by atoms with E-state index in [2.05, 4.69) is 21.2 Å². The van der Waals surface area contributed by atoms with Crippen molar-refractivity contribution < 1.29 is 22.7 Å². The molecule has 1 N–H and O–H groups in total. The maximum Gasteiger partial charge on any atom is 0.416 e. The first-order chi connectivity index (χ1) is 12.8. The molecule has 0 spiro atoms. The molecule has 27 heavy (non-hydrogen) atoms. The van der Waals surface area contributed by atoms with Crippen molar-refractivity contribution in [1.29, 1.82) is 0 Å². The van der Waals surface area contributed by atoms with Gasteiger partial charge in [0.2, 0.25) is 5.91 Å². The van der Waals surface area contributed by atoms with Crippen molar-refractivity contribution >= 4 is 27.5 Å². The van der Waals surface area contributed by atoms with Crippen LogP contribution in [-0.4, -0.2) is 37.0 Å². The molecule has 2 aromatic rings. The number of alkyl halides is 3. The molecule has 3 rings (SSSR count). The topological polar surface area (TPSA) is 41.6 Å².